The van der Waals surface area contributed by atoms with Crippen LogP contribution in [0.25, 0.3) is 0 Å². The predicted molar refractivity (Wildman–Crippen MR) is 119 cm³/mol. The normalized spacial score (nSPS) is 14.6. The van der Waals surface area contributed by atoms with E-state index in [-0.39, 0.29) is 24.0 Å². The van der Waals surface area contributed by atoms with Gasteiger partial charge in [-0.05, 0) is 31.4 Å². The van der Waals surface area contributed by atoms with Crippen LogP contribution in [0.5, 0.6) is 0 Å². The molecule has 0 bridgehead atoms. The molecule has 26 heavy (non-hydrogen) atoms. The number of ether oxygens (including phenoxy) is 2. The van der Waals surface area contributed by atoms with Gasteiger partial charge in [0.05, 0.1) is 13.2 Å². The van der Waals surface area contributed by atoms with Crippen LogP contribution in [0.1, 0.15) is 18.9 Å². The number of benzene rings is 1. The van der Waals surface area contributed by atoms with Crippen LogP contribution in [0.15, 0.2) is 29.3 Å². The summed E-state index contributed by atoms with van der Waals surface area (Å²) in [5.41, 5.74) is 2.82. The van der Waals surface area contributed by atoms with Crippen LogP contribution in [0.2, 0.25) is 0 Å². The monoisotopic (exact) mass is 476 g/mol. The first kappa shape index (κ1) is 23.0. The standard InChI is InChI=1S/C19H32N4O2.HI/c1-16(23-11-9-17-7-4-5-8-18(17)23)15-22-19(20-2)21-10-6-12-25-14-13-24-3;/h4-5,7-8,16H,6,9-15H2,1-3H3,(H2,20,21,22);1H. The Morgan fingerprint density at radius 2 is 2.04 bits per heavy atom. The SMILES string of the molecule is CN=C(NCCCOCCOC)NCC(C)N1CCc2ccccc21.I. The zero-order valence-electron chi connectivity index (χ0n) is 16.2. The van der Waals surface area contributed by atoms with Crippen molar-refractivity contribution < 1.29 is 9.47 Å². The van der Waals surface area contributed by atoms with Gasteiger partial charge < -0.3 is 25.0 Å². The van der Waals surface area contributed by atoms with Gasteiger partial charge in [-0.15, -0.1) is 24.0 Å². The maximum absolute atomic E-state index is 5.46. The van der Waals surface area contributed by atoms with Gasteiger partial charge in [0.1, 0.15) is 0 Å². The lowest BCUT2D eigenvalue weighted by Crippen LogP contribution is -2.46. The van der Waals surface area contributed by atoms with Gasteiger partial charge in [0.2, 0.25) is 0 Å². The summed E-state index contributed by atoms with van der Waals surface area (Å²) < 4.78 is 10.4. The molecular formula is C19H33IN4O2. The molecule has 2 N–H and O–H groups in total. The Labute approximate surface area is 174 Å². The highest BCUT2D eigenvalue weighted by atomic mass is 127. The van der Waals surface area contributed by atoms with Gasteiger partial charge in [-0.2, -0.15) is 0 Å². The molecule has 1 aliphatic heterocycles. The van der Waals surface area contributed by atoms with Gasteiger partial charge in [0, 0.05) is 52.1 Å². The van der Waals surface area contributed by atoms with Crippen molar-refractivity contribution in [1.29, 1.82) is 0 Å². The van der Waals surface area contributed by atoms with Crippen LogP contribution in [0, 0.1) is 0 Å². The van der Waals surface area contributed by atoms with Gasteiger partial charge in [0.25, 0.3) is 0 Å². The predicted octanol–water partition coefficient (Wildman–Crippen LogP) is 2.27. The average molecular weight is 476 g/mol. The summed E-state index contributed by atoms with van der Waals surface area (Å²) in [6.07, 6.45) is 2.08. The first-order valence-corrected chi connectivity index (χ1v) is 9.12. The Morgan fingerprint density at radius 1 is 1.23 bits per heavy atom. The number of rotatable bonds is 10. The number of methoxy groups -OCH3 is 1. The lowest BCUT2D eigenvalue weighted by atomic mass is 10.2. The van der Waals surface area contributed by atoms with E-state index in [1.807, 2.05) is 0 Å². The zero-order chi connectivity index (χ0) is 17.9. The average Bonchev–Trinajstić information content (AvgIpc) is 3.07. The number of guanidine groups is 1. The summed E-state index contributed by atoms with van der Waals surface area (Å²) in [7, 11) is 3.49. The summed E-state index contributed by atoms with van der Waals surface area (Å²) in [5, 5.41) is 6.76. The number of aliphatic imine (C=N–C) groups is 1. The lowest BCUT2D eigenvalue weighted by Gasteiger charge is -2.28. The maximum Gasteiger partial charge on any atom is 0.191 e. The van der Waals surface area contributed by atoms with E-state index in [0.29, 0.717) is 19.3 Å². The molecule has 0 saturated heterocycles. The number of hydrogen-bond acceptors (Lipinski definition) is 4. The Hall–Kier alpha value is -1.06. The number of fused-ring (bicyclic) bond motifs is 1. The van der Waals surface area contributed by atoms with Crippen molar-refractivity contribution >= 4 is 35.6 Å². The van der Waals surface area contributed by atoms with Crippen molar-refractivity contribution in [2.75, 3.05) is 58.5 Å². The fraction of sp³-hybridized carbons (Fsp3) is 0.632. The van der Waals surface area contributed by atoms with Gasteiger partial charge in [-0.1, -0.05) is 18.2 Å². The van der Waals surface area contributed by atoms with Gasteiger partial charge in [-0.25, -0.2) is 0 Å². The third kappa shape index (κ3) is 7.28. The lowest BCUT2D eigenvalue weighted by molar-refractivity contribution is 0.0698. The molecule has 0 radical (unpaired) electrons. The van der Waals surface area contributed by atoms with E-state index < -0.39 is 0 Å². The van der Waals surface area contributed by atoms with E-state index in [2.05, 4.69) is 51.7 Å². The molecule has 6 nitrogen and oxygen atoms in total. The summed E-state index contributed by atoms with van der Waals surface area (Å²) in [4.78, 5) is 6.76. The molecule has 1 aromatic carbocycles. The number of para-hydroxylation sites is 1. The highest BCUT2D eigenvalue weighted by molar-refractivity contribution is 14.0. The van der Waals surface area contributed by atoms with Crippen LogP contribution in [-0.2, 0) is 15.9 Å². The molecule has 1 heterocycles. The maximum atomic E-state index is 5.46. The molecule has 148 valence electrons. The van der Waals surface area contributed by atoms with Crippen LogP contribution >= 0.6 is 24.0 Å². The van der Waals surface area contributed by atoms with Crippen molar-refractivity contribution in [2.24, 2.45) is 4.99 Å². The Bertz CT molecular complexity index is 542. The third-order valence-electron chi connectivity index (χ3n) is 4.43. The minimum absolute atomic E-state index is 0. The van der Waals surface area contributed by atoms with Gasteiger partial charge >= 0.3 is 0 Å². The first-order valence-electron chi connectivity index (χ1n) is 9.12. The molecule has 0 aromatic heterocycles. The molecule has 1 atom stereocenters. The minimum atomic E-state index is 0. The molecule has 0 saturated carbocycles. The Morgan fingerprint density at radius 3 is 2.81 bits per heavy atom. The van der Waals surface area contributed by atoms with E-state index in [1.165, 1.54) is 11.3 Å². The first-order chi connectivity index (χ1) is 12.3. The quantitative estimate of drug-likeness (QED) is 0.235. The van der Waals surface area contributed by atoms with Crippen molar-refractivity contribution in [3.8, 4) is 0 Å². The second kappa shape index (κ2) is 13.2. The van der Waals surface area contributed by atoms with E-state index in [1.54, 1.807) is 14.2 Å². The van der Waals surface area contributed by atoms with E-state index in [4.69, 9.17) is 9.47 Å². The minimum Gasteiger partial charge on any atom is -0.382 e. The fourth-order valence-corrected chi connectivity index (χ4v) is 3.02. The zero-order valence-corrected chi connectivity index (χ0v) is 18.5. The van der Waals surface area contributed by atoms with E-state index >= 15 is 0 Å². The van der Waals surface area contributed by atoms with Crippen LogP contribution < -0.4 is 15.5 Å². The number of nitrogens with one attached hydrogen (secondary N) is 2. The third-order valence-corrected chi connectivity index (χ3v) is 4.43. The van der Waals surface area contributed by atoms with Crippen molar-refractivity contribution in [3.63, 3.8) is 0 Å². The Kier molecular flexibility index (Phi) is 11.6. The smallest absolute Gasteiger partial charge is 0.191 e. The van der Waals surface area contributed by atoms with Crippen LogP contribution in [0.3, 0.4) is 0 Å². The number of anilines is 1. The Balaban J connectivity index is 0.00000338. The largest absolute Gasteiger partial charge is 0.382 e. The molecule has 0 fully saturated rings. The van der Waals surface area contributed by atoms with Crippen LogP contribution in [0.4, 0.5) is 5.69 Å². The molecule has 0 aliphatic carbocycles. The summed E-state index contributed by atoms with van der Waals surface area (Å²) >= 11 is 0. The second-order valence-electron chi connectivity index (χ2n) is 6.26. The number of nitrogens with zero attached hydrogens (tertiary/aromatic N) is 2. The summed E-state index contributed by atoms with van der Waals surface area (Å²) in [6, 6.07) is 9.10. The van der Waals surface area contributed by atoms with Gasteiger partial charge in [0.15, 0.2) is 5.96 Å². The fourth-order valence-electron chi connectivity index (χ4n) is 3.02. The van der Waals surface area contributed by atoms with Crippen molar-refractivity contribution in [3.05, 3.63) is 29.8 Å². The molecule has 7 heteroatoms. The molecule has 1 unspecified atom stereocenters. The topological polar surface area (TPSA) is 58.1 Å². The molecule has 0 spiro atoms. The van der Waals surface area contributed by atoms with Crippen molar-refractivity contribution in [1.82, 2.24) is 10.6 Å². The molecule has 1 aliphatic rings. The van der Waals surface area contributed by atoms with E-state index in [0.717, 1.165) is 45.0 Å². The highest BCUT2D eigenvalue weighted by Crippen LogP contribution is 2.28. The highest BCUT2D eigenvalue weighted by Gasteiger charge is 2.22. The van der Waals surface area contributed by atoms with Crippen molar-refractivity contribution in [2.45, 2.75) is 25.8 Å². The second-order valence-corrected chi connectivity index (χ2v) is 6.26. The van der Waals surface area contributed by atoms with E-state index in [9.17, 15) is 0 Å². The summed E-state index contributed by atoms with van der Waals surface area (Å²) in [6.45, 7) is 7.08. The van der Waals surface area contributed by atoms with Crippen LogP contribution in [-0.4, -0.2) is 65.6 Å². The number of halogens is 1. The molecule has 2 rings (SSSR count). The summed E-state index contributed by atoms with van der Waals surface area (Å²) in [5.74, 6) is 0.844. The molecular weight excluding hydrogens is 443 g/mol. The van der Waals surface area contributed by atoms with Gasteiger partial charge in [-0.3, -0.25) is 4.99 Å². The molecule has 0 amide bonds. The molecule has 1 aromatic rings. The number of hydrogen-bond donors (Lipinski definition) is 2.